The van der Waals surface area contributed by atoms with Crippen LogP contribution in [-0.2, 0) is 16.0 Å². The topological polar surface area (TPSA) is 51.5 Å². The lowest BCUT2D eigenvalue weighted by atomic mass is 10.2. The fraction of sp³-hybridized carbons (Fsp3) is 0.583. The second-order valence-electron chi connectivity index (χ2n) is 3.63. The average Bonchev–Trinajstić information content (AvgIpc) is 2.79. The van der Waals surface area contributed by atoms with Crippen molar-refractivity contribution in [3.05, 3.63) is 24.2 Å². The van der Waals surface area contributed by atoms with Gasteiger partial charge in [-0.25, -0.2) is 0 Å². The van der Waals surface area contributed by atoms with Crippen LogP contribution in [0.2, 0.25) is 0 Å². The first-order valence-corrected chi connectivity index (χ1v) is 5.61. The molecule has 4 heteroatoms. The second kappa shape index (κ2) is 7.93. The molecular weight excluding hydrogens is 206 g/mol. The zero-order valence-electron chi connectivity index (χ0n) is 9.70. The molecule has 4 nitrogen and oxygen atoms in total. The van der Waals surface area contributed by atoms with E-state index in [1.54, 1.807) is 13.4 Å². The fourth-order valence-electron chi connectivity index (χ4n) is 1.38. The summed E-state index contributed by atoms with van der Waals surface area (Å²) in [5, 5.41) is 2.87. The summed E-state index contributed by atoms with van der Waals surface area (Å²) >= 11 is 0. The average molecular weight is 225 g/mol. The van der Waals surface area contributed by atoms with Crippen molar-refractivity contribution in [2.45, 2.75) is 25.7 Å². The summed E-state index contributed by atoms with van der Waals surface area (Å²) in [6, 6.07) is 3.71. The van der Waals surface area contributed by atoms with E-state index in [9.17, 15) is 4.79 Å². The van der Waals surface area contributed by atoms with Gasteiger partial charge in [-0.3, -0.25) is 4.79 Å². The summed E-state index contributed by atoms with van der Waals surface area (Å²) in [5.74, 6) is 0.934. The number of carbonyl (C=O) groups is 1. The van der Waals surface area contributed by atoms with E-state index < -0.39 is 0 Å². The Morgan fingerprint density at radius 2 is 2.38 bits per heavy atom. The number of carbonyl (C=O) groups excluding carboxylic acids is 1. The van der Waals surface area contributed by atoms with E-state index in [0.29, 0.717) is 12.8 Å². The number of hydrogen-bond donors (Lipinski definition) is 1. The van der Waals surface area contributed by atoms with Gasteiger partial charge in [0.2, 0.25) is 5.91 Å². The summed E-state index contributed by atoms with van der Waals surface area (Å²) < 4.78 is 10.1. The molecule has 0 aliphatic carbocycles. The molecule has 1 amide bonds. The van der Waals surface area contributed by atoms with E-state index in [1.807, 2.05) is 12.1 Å². The molecule has 0 saturated carbocycles. The summed E-state index contributed by atoms with van der Waals surface area (Å²) in [6.45, 7) is 1.47. The lowest BCUT2D eigenvalue weighted by molar-refractivity contribution is -0.121. The Kier molecular flexibility index (Phi) is 6.33. The highest BCUT2D eigenvalue weighted by atomic mass is 16.5. The van der Waals surface area contributed by atoms with Crippen LogP contribution in [0.5, 0.6) is 0 Å². The molecule has 0 aliphatic rings. The number of furan rings is 1. The van der Waals surface area contributed by atoms with Crippen LogP contribution in [0.3, 0.4) is 0 Å². The monoisotopic (exact) mass is 225 g/mol. The normalized spacial score (nSPS) is 10.3. The number of hydrogen-bond acceptors (Lipinski definition) is 3. The summed E-state index contributed by atoms with van der Waals surface area (Å²) in [5.41, 5.74) is 0. The Morgan fingerprint density at radius 1 is 1.50 bits per heavy atom. The first-order chi connectivity index (χ1) is 7.83. The molecule has 1 heterocycles. The fourth-order valence-corrected chi connectivity index (χ4v) is 1.38. The number of nitrogens with one attached hydrogen (secondary N) is 1. The molecule has 0 fully saturated rings. The number of methoxy groups -OCH3 is 1. The lowest BCUT2D eigenvalue weighted by Crippen LogP contribution is -2.24. The van der Waals surface area contributed by atoms with Gasteiger partial charge in [0.15, 0.2) is 0 Å². The van der Waals surface area contributed by atoms with E-state index in [4.69, 9.17) is 9.15 Å². The molecule has 1 aromatic rings. The van der Waals surface area contributed by atoms with E-state index >= 15 is 0 Å². The Balaban J connectivity index is 1.99. The second-order valence-corrected chi connectivity index (χ2v) is 3.63. The van der Waals surface area contributed by atoms with Crippen LogP contribution >= 0.6 is 0 Å². The van der Waals surface area contributed by atoms with E-state index in [-0.39, 0.29) is 5.91 Å². The van der Waals surface area contributed by atoms with Crippen molar-refractivity contribution in [2.75, 3.05) is 20.3 Å². The lowest BCUT2D eigenvalue weighted by Gasteiger charge is -2.03. The molecule has 0 aliphatic heterocycles. The van der Waals surface area contributed by atoms with Crippen LogP contribution < -0.4 is 5.32 Å². The minimum atomic E-state index is 0.0776. The van der Waals surface area contributed by atoms with Gasteiger partial charge >= 0.3 is 0 Å². The van der Waals surface area contributed by atoms with Crippen LogP contribution in [0.1, 0.15) is 25.0 Å². The molecule has 0 unspecified atom stereocenters. The Bertz CT molecular complexity index is 282. The minimum Gasteiger partial charge on any atom is -0.469 e. The smallest absolute Gasteiger partial charge is 0.220 e. The van der Waals surface area contributed by atoms with Crippen molar-refractivity contribution in [1.82, 2.24) is 5.32 Å². The number of rotatable bonds is 8. The molecule has 1 N–H and O–H groups in total. The Hall–Kier alpha value is -1.29. The van der Waals surface area contributed by atoms with E-state index in [0.717, 1.165) is 31.8 Å². The summed E-state index contributed by atoms with van der Waals surface area (Å²) in [4.78, 5) is 11.4. The van der Waals surface area contributed by atoms with Crippen molar-refractivity contribution < 1.29 is 13.9 Å². The van der Waals surface area contributed by atoms with Gasteiger partial charge in [0, 0.05) is 33.1 Å². The number of unbranched alkanes of at least 4 members (excludes halogenated alkanes) is 1. The first kappa shape index (κ1) is 12.8. The number of ether oxygens (including phenoxy) is 1. The first-order valence-electron chi connectivity index (χ1n) is 5.61. The van der Waals surface area contributed by atoms with Gasteiger partial charge in [0.25, 0.3) is 0 Å². The maximum absolute atomic E-state index is 11.4. The van der Waals surface area contributed by atoms with Crippen molar-refractivity contribution in [3.8, 4) is 0 Å². The van der Waals surface area contributed by atoms with Crippen LogP contribution in [0.25, 0.3) is 0 Å². The highest BCUT2D eigenvalue weighted by Crippen LogP contribution is 2.03. The summed E-state index contributed by atoms with van der Waals surface area (Å²) in [6.07, 6.45) is 4.71. The molecule has 0 bridgehead atoms. The predicted octanol–water partition coefficient (Wildman–Crippen LogP) is 1.76. The van der Waals surface area contributed by atoms with Crippen LogP contribution in [0.15, 0.2) is 22.8 Å². The van der Waals surface area contributed by atoms with Crippen LogP contribution in [0.4, 0.5) is 0 Å². The minimum absolute atomic E-state index is 0.0776. The molecule has 1 aromatic heterocycles. The largest absolute Gasteiger partial charge is 0.469 e. The molecule has 0 aromatic carbocycles. The molecule has 16 heavy (non-hydrogen) atoms. The van der Waals surface area contributed by atoms with Crippen molar-refractivity contribution in [3.63, 3.8) is 0 Å². The molecular formula is C12H19NO3. The number of aryl methyl sites for hydroxylation is 1. The zero-order valence-corrected chi connectivity index (χ0v) is 9.70. The molecule has 0 saturated heterocycles. The van der Waals surface area contributed by atoms with Gasteiger partial charge in [-0.2, -0.15) is 0 Å². The third kappa shape index (κ3) is 5.56. The SMILES string of the molecule is COCCCCNC(=O)CCc1ccco1. The Morgan fingerprint density at radius 3 is 3.06 bits per heavy atom. The van der Waals surface area contributed by atoms with Crippen LogP contribution in [-0.4, -0.2) is 26.2 Å². The quantitative estimate of drug-likeness (QED) is 0.686. The maximum Gasteiger partial charge on any atom is 0.220 e. The van der Waals surface area contributed by atoms with Gasteiger partial charge in [-0.1, -0.05) is 0 Å². The van der Waals surface area contributed by atoms with Crippen molar-refractivity contribution >= 4 is 5.91 Å². The van der Waals surface area contributed by atoms with Crippen molar-refractivity contribution in [1.29, 1.82) is 0 Å². The predicted molar refractivity (Wildman–Crippen MR) is 61.1 cm³/mol. The van der Waals surface area contributed by atoms with Crippen molar-refractivity contribution in [2.24, 2.45) is 0 Å². The van der Waals surface area contributed by atoms with Gasteiger partial charge in [-0.15, -0.1) is 0 Å². The van der Waals surface area contributed by atoms with Crippen LogP contribution in [0, 0.1) is 0 Å². The highest BCUT2D eigenvalue weighted by Gasteiger charge is 2.02. The Labute approximate surface area is 96.0 Å². The third-order valence-electron chi connectivity index (χ3n) is 2.28. The standard InChI is InChI=1S/C12H19NO3/c1-15-9-3-2-8-13-12(14)7-6-11-5-4-10-16-11/h4-5,10H,2-3,6-9H2,1H3,(H,13,14). The molecule has 0 spiro atoms. The van der Waals surface area contributed by atoms with E-state index in [1.165, 1.54) is 0 Å². The molecule has 90 valence electrons. The molecule has 1 rings (SSSR count). The van der Waals surface area contributed by atoms with Gasteiger partial charge in [0.05, 0.1) is 6.26 Å². The number of amides is 1. The highest BCUT2D eigenvalue weighted by molar-refractivity contribution is 5.75. The third-order valence-corrected chi connectivity index (χ3v) is 2.28. The van der Waals surface area contributed by atoms with Gasteiger partial charge in [0.1, 0.15) is 5.76 Å². The van der Waals surface area contributed by atoms with Gasteiger partial charge < -0.3 is 14.5 Å². The zero-order chi connectivity index (χ0) is 11.6. The maximum atomic E-state index is 11.4. The summed E-state index contributed by atoms with van der Waals surface area (Å²) in [7, 11) is 1.68. The van der Waals surface area contributed by atoms with Gasteiger partial charge in [-0.05, 0) is 25.0 Å². The molecule has 0 radical (unpaired) electrons. The van der Waals surface area contributed by atoms with E-state index in [2.05, 4.69) is 5.32 Å². The molecule has 0 atom stereocenters.